The van der Waals surface area contributed by atoms with Crippen LogP contribution in [-0.2, 0) is 0 Å². The summed E-state index contributed by atoms with van der Waals surface area (Å²) in [6.07, 6.45) is 1.67. The number of aliphatic hydroxyl groups excluding tert-OH is 1. The molecule has 1 aromatic rings. The Morgan fingerprint density at radius 2 is 2.36 bits per heavy atom. The van der Waals surface area contributed by atoms with Crippen molar-refractivity contribution in [1.82, 2.24) is 4.98 Å². The van der Waals surface area contributed by atoms with Gasteiger partial charge in [0.25, 0.3) is 0 Å². The Kier molecular flexibility index (Phi) is 2.54. The summed E-state index contributed by atoms with van der Waals surface area (Å²) < 4.78 is 0. The zero-order valence-electron chi connectivity index (χ0n) is 8.06. The smallest absolute Gasteiger partial charge is 0.131 e. The summed E-state index contributed by atoms with van der Waals surface area (Å²) >= 11 is 0. The molecule has 0 amide bonds. The van der Waals surface area contributed by atoms with Gasteiger partial charge in [-0.3, -0.25) is 0 Å². The van der Waals surface area contributed by atoms with Crippen molar-refractivity contribution in [3.63, 3.8) is 0 Å². The lowest BCUT2D eigenvalue weighted by atomic mass is 10.1. The third kappa shape index (κ3) is 1.96. The molecule has 4 nitrogen and oxygen atoms in total. The summed E-state index contributed by atoms with van der Waals surface area (Å²) in [7, 11) is 0. The van der Waals surface area contributed by atoms with Crippen molar-refractivity contribution >= 4 is 11.6 Å². The molecule has 1 saturated heterocycles. The second-order valence-corrected chi connectivity index (χ2v) is 3.66. The molecule has 76 valence electrons. The second-order valence-electron chi connectivity index (χ2n) is 3.66. The predicted molar refractivity (Wildman–Crippen MR) is 56.1 cm³/mol. The number of rotatable bonds is 1. The van der Waals surface area contributed by atoms with E-state index in [1.54, 1.807) is 6.07 Å². The molecule has 2 heterocycles. The highest BCUT2D eigenvalue weighted by Gasteiger charge is 2.18. The second kappa shape index (κ2) is 3.84. The fraction of sp³-hybridized carbons (Fsp3) is 0.500. The molecule has 1 atom stereocenters. The number of hydrogen-bond acceptors (Lipinski definition) is 4. The molecule has 3 N–H and O–H groups in total. The van der Waals surface area contributed by atoms with E-state index in [-0.39, 0.29) is 6.10 Å². The van der Waals surface area contributed by atoms with Gasteiger partial charge >= 0.3 is 0 Å². The average Bonchev–Trinajstić information content (AvgIpc) is 2.18. The topological polar surface area (TPSA) is 62.4 Å². The summed E-state index contributed by atoms with van der Waals surface area (Å²) in [5.74, 6) is 1.39. The Morgan fingerprint density at radius 3 is 3.07 bits per heavy atom. The van der Waals surface area contributed by atoms with Crippen LogP contribution >= 0.6 is 0 Å². The van der Waals surface area contributed by atoms with Gasteiger partial charge in [0, 0.05) is 13.1 Å². The van der Waals surface area contributed by atoms with Crippen LogP contribution in [0.25, 0.3) is 0 Å². The van der Waals surface area contributed by atoms with Gasteiger partial charge in [-0.1, -0.05) is 6.07 Å². The van der Waals surface area contributed by atoms with Gasteiger partial charge in [0.15, 0.2) is 0 Å². The first-order valence-electron chi connectivity index (χ1n) is 4.91. The van der Waals surface area contributed by atoms with Gasteiger partial charge < -0.3 is 15.7 Å². The average molecular weight is 193 g/mol. The molecule has 0 aromatic carbocycles. The first-order chi connectivity index (χ1) is 6.75. The van der Waals surface area contributed by atoms with Gasteiger partial charge in [-0.05, 0) is 25.0 Å². The molecule has 2 rings (SSSR count). The number of nitrogens with zero attached hydrogens (tertiary/aromatic N) is 2. The monoisotopic (exact) mass is 193 g/mol. The molecular weight excluding hydrogens is 178 g/mol. The van der Waals surface area contributed by atoms with Crippen LogP contribution in [0.2, 0.25) is 0 Å². The molecule has 1 fully saturated rings. The number of anilines is 2. The van der Waals surface area contributed by atoms with Gasteiger partial charge in [-0.2, -0.15) is 0 Å². The Bertz CT molecular complexity index is 316. The number of nitrogens with two attached hydrogens (primary N) is 1. The Morgan fingerprint density at radius 1 is 1.50 bits per heavy atom. The zero-order valence-corrected chi connectivity index (χ0v) is 8.06. The van der Waals surface area contributed by atoms with Crippen LogP contribution < -0.4 is 10.6 Å². The molecular formula is C10H15N3O. The summed E-state index contributed by atoms with van der Waals surface area (Å²) in [5, 5.41) is 9.51. The number of pyridine rings is 1. The van der Waals surface area contributed by atoms with Crippen LogP contribution in [0.4, 0.5) is 11.6 Å². The highest BCUT2D eigenvalue weighted by molar-refractivity contribution is 5.45. The minimum Gasteiger partial charge on any atom is -0.391 e. The minimum atomic E-state index is -0.230. The minimum absolute atomic E-state index is 0.230. The van der Waals surface area contributed by atoms with E-state index >= 15 is 0 Å². The quantitative estimate of drug-likeness (QED) is 0.686. The highest BCUT2D eigenvalue weighted by atomic mass is 16.3. The molecule has 0 radical (unpaired) electrons. The highest BCUT2D eigenvalue weighted by Crippen LogP contribution is 2.18. The van der Waals surface area contributed by atoms with Crippen molar-refractivity contribution < 1.29 is 5.11 Å². The largest absolute Gasteiger partial charge is 0.391 e. The van der Waals surface area contributed by atoms with Gasteiger partial charge in [-0.25, -0.2) is 4.98 Å². The van der Waals surface area contributed by atoms with Crippen LogP contribution in [0.3, 0.4) is 0 Å². The van der Waals surface area contributed by atoms with Crippen LogP contribution in [0.1, 0.15) is 12.8 Å². The van der Waals surface area contributed by atoms with Gasteiger partial charge in [-0.15, -0.1) is 0 Å². The summed E-state index contributed by atoms with van der Waals surface area (Å²) in [4.78, 5) is 6.30. The molecule has 1 aliphatic heterocycles. The lowest BCUT2D eigenvalue weighted by Crippen LogP contribution is -2.38. The van der Waals surface area contributed by atoms with Crippen LogP contribution in [-0.4, -0.2) is 29.3 Å². The van der Waals surface area contributed by atoms with E-state index < -0.39 is 0 Å². The van der Waals surface area contributed by atoms with E-state index in [9.17, 15) is 5.11 Å². The number of aliphatic hydroxyl groups is 1. The number of aromatic nitrogens is 1. The molecule has 14 heavy (non-hydrogen) atoms. The third-order valence-electron chi connectivity index (χ3n) is 2.48. The normalized spacial score (nSPS) is 22.4. The third-order valence-corrected chi connectivity index (χ3v) is 2.48. The van der Waals surface area contributed by atoms with Crippen LogP contribution in [0.15, 0.2) is 18.2 Å². The summed E-state index contributed by atoms with van der Waals surface area (Å²) in [6.45, 7) is 1.62. The SMILES string of the molecule is Nc1cccc(N2CCC[C@H](O)C2)n1. The maximum absolute atomic E-state index is 9.51. The van der Waals surface area contributed by atoms with Crippen molar-refractivity contribution in [2.24, 2.45) is 0 Å². The Balaban J connectivity index is 2.14. The van der Waals surface area contributed by atoms with Crippen molar-refractivity contribution in [3.8, 4) is 0 Å². The number of piperidine rings is 1. The van der Waals surface area contributed by atoms with E-state index in [1.165, 1.54) is 0 Å². The molecule has 1 aliphatic rings. The van der Waals surface area contributed by atoms with Crippen LogP contribution in [0.5, 0.6) is 0 Å². The summed E-state index contributed by atoms with van der Waals surface area (Å²) in [6, 6.07) is 5.58. The fourth-order valence-corrected chi connectivity index (χ4v) is 1.78. The standard InChI is InChI=1S/C10H15N3O/c11-9-4-1-5-10(12-9)13-6-2-3-8(14)7-13/h1,4-5,8,14H,2-3,6-7H2,(H2,11,12)/t8-/m0/s1. The maximum Gasteiger partial charge on any atom is 0.131 e. The number of nitrogen functional groups attached to an aromatic ring is 1. The molecule has 0 aliphatic carbocycles. The molecule has 0 saturated carbocycles. The lowest BCUT2D eigenvalue weighted by molar-refractivity contribution is 0.154. The Labute approximate surface area is 83.4 Å². The van der Waals surface area contributed by atoms with Crippen molar-refractivity contribution in [1.29, 1.82) is 0 Å². The van der Waals surface area contributed by atoms with Crippen molar-refractivity contribution in [2.75, 3.05) is 23.7 Å². The van der Waals surface area contributed by atoms with Crippen LogP contribution in [0, 0.1) is 0 Å². The Hall–Kier alpha value is -1.29. The first-order valence-corrected chi connectivity index (χ1v) is 4.91. The van der Waals surface area contributed by atoms with E-state index in [2.05, 4.69) is 9.88 Å². The van der Waals surface area contributed by atoms with Gasteiger partial charge in [0.1, 0.15) is 11.6 Å². The molecule has 0 spiro atoms. The molecule has 1 aromatic heterocycles. The lowest BCUT2D eigenvalue weighted by Gasteiger charge is -2.31. The van der Waals surface area contributed by atoms with E-state index in [4.69, 9.17) is 5.73 Å². The fourth-order valence-electron chi connectivity index (χ4n) is 1.78. The number of hydrogen-bond donors (Lipinski definition) is 2. The zero-order chi connectivity index (χ0) is 9.97. The maximum atomic E-state index is 9.51. The van der Waals surface area contributed by atoms with E-state index in [0.717, 1.165) is 25.2 Å². The number of β-amino-alcohol motifs (C(OH)–C–C–N with tert-alkyl or cyclic N) is 1. The molecule has 0 unspecified atom stereocenters. The molecule has 0 bridgehead atoms. The van der Waals surface area contributed by atoms with Gasteiger partial charge in [0.05, 0.1) is 6.10 Å². The summed E-state index contributed by atoms with van der Waals surface area (Å²) in [5.41, 5.74) is 5.60. The van der Waals surface area contributed by atoms with E-state index in [0.29, 0.717) is 12.4 Å². The predicted octanol–water partition coefficient (Wildman–Crippen LogP) is 0.625. The molecule has 4 heteroatoms. The van der Waals surface area contributed by atoms with Crippen molar-refractivity contribution in [3.05, 3.63) is 18.2 Å². The van der Waals surface area contributed by atoms with E-state index in [1.807, 2.05) is 12.1 Å². The van der Waals surface area contributed by atoms with Crippen molar-refractivity contribution in [2.45, 2.75) is 18.9 Å². The van der Waals surface area contributed by atoms with Gasteiger partial charge in [0.2, 0.25) is 0 Å². The first kappa shape index (κ1) is 9.27.